The van der Waals surface area contributed by atoms with Gasteiger partial charge in [0.25, 0.3) is 0 Å². The number of nitrogens with one attached hydrogen (secondary N) is 1. The zero-order valence-electron chi connectivity index (χ0n) is 10.1. The van der Waals surface area contributed by atoms with E-state index in [9.17, 15) is 4.79 Å². The van der Waals surface area contributed by atoms with Crippen LogP contribution in [0, 0.1) is 0 Å². The third-order valence-corrected chi connectivity index (χ3v) is 2.24. The van der Waals surface area contributed by atoms with Crippen LogP contribution in [0.4, 0.5) is 0 Å². The van der Waals surface area contributed by atoms with Crippen LogP contribution >= 0.6 is 0 Å². The van der Waals surface area contributed by atoms with Crippen LogP contribution in [0.3, 0.4) is 0 Å². The SMILES string of the molecule is CN(C)CCNC(=O)CCCCCCN. The lowest BCUT2D eigenvalue weighted by Crippen LogP contribution is -2.31. The third kappa shape index (κ3) is 11.3. The van der Waals surface area contributed by atoms with Gasteiger partial charge in [-0.2, -0.15) is 0 Å². The zero-order chi connectivity index (χ0) is 11.5. The maximum atomic E-state index is 11.3. The number of carbonyl (C=O) groups excluding carboxylic acids is 1. The zero-order valence-corrected chi connectivity index (χ0v) is 10.1. The summed E-state index contributed by atoms with van der Waals surface area (Å²) in [5.74, 6) is 0.171. The van der Waals surface area contributed by atoms with Crippen LogP contribution in [0.2, 0.25) is 0 Å². The van der Waals surface area contributed by atoms with Gasteiger partial charge in [-0.05, 0) is 33.5 Å². The maximum absolute atomic E-state index is 11.3. The summed E-state index contributed by atoms with van der Waals surface area (Å²) in [5, 5.41) is 2.90. The molecule has 0 aromatic carbocycles. The van der Waals surface area contributed by atoms with Gasteiger partial charge >= 0.3 is 0 Å². The summed E-state index contributed by atoms with van der Waals surface area (Å²) in [4.78, 5) is 13.4. The van der Waals surface area contributed by atoms with E-state index in [0.29, 0.717) is 6.42 Å². The lowest BCUT2D eigenvalue weighted by atomic mass is 10.1. The molecule has 0 aliphatic rings. The van der Waals surface area contributed by atoms with E-state index < -0.39 is 0 Å². The highest BCUT2D eigenvalue weighted by molar-refractivity contribution is 5.75. The van der Waals surface area contributed by atoms with E-state index >= 15 is 0 Å². The highest BCUT2D eigenvalue weighted by atomic mass is 16.1. The van der Waals surface area contributed by atoms with Gasteiger partial charge in [0.1, 0.15) is 0 Å². The van der Waals surface area contributed by atoms with Crippen molar-refractivity contribution in [3.8, 4) is 0 Å². The minimum Gasteiger partial charge on any atom is -0.355 e. The monoisotopic (exact) mass is 215 g/mol. The van der Waals surface area contributed by atoms with Gasteiger partial charge < -0.3 is 16.0 Å². The second-order valence-corrected chi connectivity index (χ2v) is 4.11. The molecule has 0 aliphatic carbocycles. The molecule has 0 aromatic heterocycles. The highest BCUT2D eigenvalue weighted by Crippen LogP contribution is 2.01. The fourth-order valence-corrected chi connectivity index (χ4v) is 1.29. The quantitative estimate of drug-likeness (QED) is 0.553. The minimum atomic E-state index is 0.171. The normalized spacial score (nSPS) is 10.7. The number of hydrogen-bond donors (Lipinski definition) is 2. The van der Waals surface area contributed by atoms with Crippen LogP contribution in [-0.2, 0) is 4.79 Å². The average molecular weight is 215 g/mol. The fraction of sp³-hybridized carbons (Fsp3) is 0.909. The minimum absolute atomic E-state index is 0.171. The van der Waals surface area contributed by atoms with Crippen molar-refractivity contribution in [2.24, 2.45) is 5.73 Å². The molecule has 0 aliphatic heterocycles. The first kappa shape index (κ1) is 14.4. The van der Waals surface area contributed by atoms with Gasteiger partial charge in [-0.25, -0.2) is 0 Å². The van der Waals surface area contributed by atoms with Crippen molar-refractivity contribution in [3.05, 3.63) is 0 Å². The van der Waals surface area contributed by atoms with Gasteiger partial charge in [-0.3, -0.25) is 4.79 Å². The van der Waals surface area contributed by atoms with Crippen LogP contribution in [0.5, 0.6) is 0 Å². The van der Waals surface area contributed by atoms with Gasteiger partial charge in [-0.1, -0.05) is 12.8 Å². The Kier molecular flexibility index (Phi) is 9.52. The standard InChI is InChI=1S/C11H25N3O/c1-14(2)10-9-13-11(15)7-5-3-4-6-8-12/h3-10,12H2,1-2H3,(H,13,15). The van der Waals surface area contributed by atoms with Crippen molar-refractivity contribution >= 4 is 5.91 Å². The van der Waals surface area contributed by atoms with E-state index in [1.165, 1.54) is 0 Å². The summed E-state index contributed by atoms with van der Waals surface area (Å²) in [6.45, 7) is 2.41. The molecule has 0 heterocycles. The molecule has 0 unspecified atom stereocenters. The number of unbranched alkanes of at least 4 members (excludes halogenated alkanes) is 3. The predicted molar refractivity (Wildman–Crippen MR) is 63.7 cm³/mol. The van der Waals surface area contributed by atoms with E-state index in [0.717, 1.165) is 45.3 Å². The second kappa shape index (κ2) is 9.93. The van der Waals surface area contributed by atoms with Crippen molar-refractivity contribution in [2.75, 3.05) is 33.7 Å². The Balaban J connectivity index is 3.19. The first-order chi connectivity index (χ1) is 7.16. The van der Waals surface area contributed by atoms with Crippen LogP contribution < -0.4 is 11.1 Å². The van der Waals surface area contributed by atoms with Gasteiger partial charge in [0.05, 0.1) is 0 Å². The lowest BCUT2D eigenvalue weighted by molar-refractivity contribution is -0.121. The number of carbonyl (C=O) groups is 1. The molecule has 1 amide bonds. The van der Waals surface area contributed by atoms with Crippen molar-refractivity contribution in [2.45, 2.75) is 32.1 Å². The van der Waals surface area contributed by atoms with E-state index in [4.69, 9.17) is 5.73 Å². The summed E-state index contributed by atoms with van der Waals surface area (Å²) in [6, 6.07) is 0. The van der Waals surface area contributed by atoms with Crippen molar-refractivity contribution in [1.82, 2.24) is 10.2 Å². The summed E-state index contributed by atoms with van der Waals surface area (Å²) in [6.07, 6.45) is 4.95. The number of hydrogen-bond acceptors (Lipinski definition) is 3. The third-order valence-electron chi connectivity index (χ3n) is 2.24. The van der Waals surface area contributed by atoms with Gasteiger partial charge in [-0.15, -0.1) is 0 Å². The molecule has 15 heavy (non-hydrogen) atoms. The van der Waals surface area contributed by atoms with Gasteiger partial charge in [0.2, 0.25) is 5.91 Å². The van der Waals surface area contributed by atoms with Crippen LogP contribution in [0.1, 0.15) is 32.1 Å². The summed E-state index contributed by atoms with van der Waals surface area (Å²) in [7, 11) is 4.00. The molecule has 0 bridgehead atoms. The Bertz CT molecular complexity index is 160. The average Bonchev–Trinajstić information content (AvgIpc) is 2.17. The summed E-state index contributed by atoms with van der Waals surface area (Å²) in [5.41, 5.74) is 5.38. The van der Waals surface area contributed by atoms with Crippen molar-refractivity contribution in [3.63, 3.8) is 0 Å². The van der Waals surface area contributed by atoms with Gasteiger partial charge in [0, 0.05) is 19.5 Å². The number of nitrogens with zero attached hydrogens (tertiary/aromatic N) is 1. The van der Waals surface area contributed by atoms with Crippen LogP contribution in [0.15, 0.2) is 0 Å². The number of nitrogens with two attached hydrogens (primary N) is 1. The Morgan fingerprint density at radius 2 is 1.87 bits per heavy atom. The first-order valence-electron chi connectivity index (χ1n) is 5.78. The number of rotatable bonds is 9. The number of likely N-dealkylation sites (N-methyl/N-ethyl adjacent to an activating group) is 1. The molecule has 90 valence electrons. The largest absolute Gasteiger partial charge is 0.355 e. The molecule has 0 saturated carbocycles. The summed E-state index contributed by atoms with van der Waals surface area (Å²) >= 11 is 0. The van der Waals surface area contributed by atoms with Gasteiger partial charge in [0.15, 0.2) is 0 Å². The van der Waals surface area contributed by atoms with E-state index in [1.54, 1.807) is 0 Å². The molecule has 0 spiro atoms. The molecule has 3 N–H and O–H groups in total. The maximum Gasteiger partial charge on any atom is 0.220 e. The van der Waals surface area contributed by atoms with E-state index in [-0.39, 0.29) is 5.91 Å². The Hall–Kier alpha value is -0.610. The topological polar surface area (TPSA) is 58.4 Å². The van der Waals surface area contributed by atoms with Crippen molar-refractivity contribution < 1.29 is 4.79 Å². The fourth-order valence-electron chi connectivity index (χ4n) is 1.29. The molecule has 4 heteroatoms. The van der Waals surface area contributed by atoms with Crippen LogP contribution in [-0.4, -0.2) is 44.5 Å². The van der Waals surface area contributed by atoms with E-state index in [2.05, 4.69) is 10.2 Å². The predicted octanol–water partition coefficient (Wildman–Crippen LogP) is 0.573. The van der Waals surface area contributed by atoms with Crippen LogP contribution in [0.25, 0.3) is 0 Å². The molecule has 4 nitrogen and oxygen atoms in total. The molecular formula is C11H25N3O. The first-order valence-corrected chi connectivity index (χ1v) is 5.78. The molecule has 0 rings (SSSR count). The second-order valence-electron chi connectivity index (χ2n) is 4.11. The summed E-state index contributed by atoms with van der Waals surface area (Å²) < 4.78 is 0. The molecular weight excluding hydrogens is 190 g/mol. The molecule has 0 atom stereocenters. The smallest absolute Gasteiger partial charge is 0.220 e. The molecule has 0 fully saturated rings. The Morgan fingerprint density at radius 3 is 2.47 bits per heavy atom. The Morgan fingerprint density at radius 1 is 1.20 bits per heavy atom. The molecule has 0 radical (unpaired) electrons. The molecule has 0 saturated heterocycles. The lowest BCUT2D eigenvalue weighted by Gasteiger charge is -2.10. The number of amides is 1. The highest BCUT2D eigenvalue weighted by Gasteiger charge is 2.00. The van der Waals surface area contributed by atoms with E-state index in [1.807, 2.05) is 14.1 Å². The molecule has 0 aromatic rings. The Labute approximate surface area is 93.2 Å². The van der Waals surface area contributed by atoms with Crippen molar-refractivity contribution in [1.29, 1.82) is 0 Å².